The molecule has 5 aliphatic rings. The highest BCUT2D eigenvalue weighted by atomic mass is 35.5. The van der Waals surface area contributed by atoms with Gasteiger partial charge in [0.1, 0.15) is 17.9 Å². The van der Waals surface area contributed by atoms with E-state index in [9.17, 15) is 19.2 Å². The third-order valence-electron chi connectivity index (χ3n) is 11.6. The number of imide groups is 1. The van der Waals surface area contributed by atoms with Crippen molar-refractivity contribution >= 4 is 46.6 Å². The molecule has 5 aliphatic heterocycles. The van der Waals surface area contributed by atoms with Crippen molar-refractivity contribution in [2.24, 2.45) is 11.8 Å². The zero-order chi connectivity index (χ0) is 38.1. The van der Waals surface area contributed by atoms with E-state index in [1.54, 1.807) is 23.1 Å². The summed E-state index contributed by atoms with van der Waals surface area (Å²) < 4.78 is 6.09. The van der Waals surface area contributed by atoms with Crippen LogP contribution in [0, 0.1) is 30.2 Å². The molecule has 55 heavy (non-hydrogen) atoms. The Balaban J connectivity index is 0.748. The second kappa shape index (κ2) is 15.8. The standard InChI is InChI=1S/C43H43ClN6O5/c1-45-38-11-10-35(23-37(38)44)55-34-16-20-49(21-17-34)42(53)31-6-8-33(9-7-31)48-18-14-29(15-19-48)24-47-25-30(26-47)3-2-28-4-5-32-27-50(43(54)36(32)22-28)39-12-13-40(51)46-41(39)52/h4-11,22-23,29-30,34,39H,12-21,24-27H2,(H,46,51,52). The second-order valence-corrected chi connectivity index (χ2v) is 15.7. The van der Waals surface area contributed by atoms with E-state index in [1.807, 2.05) is 35.2 Å². The fourth-order valence-corrected chi connectivity index (χ4v) is 8.60. The number of amides is 4. The highest BCUT2D eigenvalue weighted by Gasteiger charge is 2.39. The molecule has 0 aliphatic carbocycles. The summed E-state index contributed by atoms with van der Waals surface area (Å²) in [5, 5.41) is 2.74. The summed E-state index contributed by atoms with van der Waals surface area (Å²) in [5.41, 5.74) is 4.55. The fourth-order valence-electron chi connectivity index (χ4n) is 8.39. The number of hydrogen-bond acceptors (Lipinski definition) is 7. The van der Waals surface area contributed by atoms with E-state index in [-0.39, 0.29) is 30.2 Å². The van der Waals surface area contributed by atoms with E-state index in [4.69, 9.17) is 22.9 Å². The van der Waals surface area contributed by atoms with Crippen LogP contribution in [0.2, 0.25) is 5.02 Å². The maximum Gasteiger partial charge on any atom is 0.255 e. The lowest BCUT2D eigenvalue weighted by atomic mass is 9.92. The monoisotopic (exact) mass is 758 g/mol. The Bertz CT molecular complexity index is 2100. The molecule has 1 N–H and O–H groups in total. The summed E-state index contributed by atoms with van der Waals surface area (Å²) in [6.45, 7) is 13.7. The van der Waals surface area contributed by atoms with Gasteiger partial charge >= 0.3 is 0 Å². The van der Waals surface area contributed by atoms with Crippen molar-refractivity contribution in [2.45, 2.75) is 57.2 Å². The Labute approximate surface area is 326 Å². The number of halogens is 1. The van der Waals surface area contributed by atoms with Gasteiger partial charge in [-0.1, -0.05) is 35.6 Å². The summed E-state index contributed by atoms with van der Waals surface area (Å²) in [6, 6.07) is 18.3. The van der Waals surface area contributed by atoms with Crippen LogP contribution in [0.1, 0.15) is 70.4 Å². The number of hydrogen-bond donors (Lipinski definition) is 1. The molecule has 0 saturated carbocycles. The van der Waals surface area contributed by atoms with Crippen LogP contribution in [-0.2, 0) is 16.1 Å². The number of carbonyl (C=O) groups is 4. The van der Waals surface area contributed by atoms with E-state index in [0.717, 1.165) is 75.2 Å². The van der Waals surface area contributed by atoms with Crippen molar-refractivity contribution in [3.05, 3.63) is 99.4 Å². The van der Waals surface area contributed by atoms with E-state index in [2.05, 4.69) is 43.9 Å². The van der Waals surface area contributed by atoms with Gasteiger partial charge in [-0.3, -0.25) is 24.5 Å². The van der Waals surface area contributed by atoms with Crippen LogP contribution in [0.15, 0.2) is 60.7 Å². The SMILES string of the molecule is [C-]#[N+]c1ccc(OC2CCN(C(=O)c3ccc(N4CCC(CN5CC(C#Cc6ccc7c(c6)C(=O)N(C6CCC(=O)NC6=O)C7)C5)CC4)cc3)CC2)cc1Cl. The van der Waals surface area contributed by atoms with Gasteiger partial charge in [-0.25, -0.2) is 4.85 Å². The largest absolute Gasteiger partial charge is 0.490 e. The third kappa shape index (κ3) is 8.05. The summed E-state index contributed by atoms with van der Waals surface area (Å²) in [5.74, 6) is 7.46. The molecule has 282 valence electrons. The highest BCUT2D eigenvalue weighted by molar-refractivity contribution is 6.33. The van der Waals surface area contributed by atoms with E-state index < -0.39 is 11.9 Å². The number of likely N-dealkylation sites (tertiary alicyclic amines) is 2. The van der Waals surface area contributed by atoms with Crippen molar-refractivity contribution in [2.75, 3.05) is 50.7 Å². The molecule has 5 heterocycles. The van der Waals surface area contributed by atoms with E-state index in [0.29, 0.717) is 65.5 Å². The maximum absolute atomic E-state index is 13.3. The molecule has 4 saturated heterocycles. The lowest BCUT2D eigenvalue weighted by Crippen LogP contribution is -2.52. The van der Waals surface area contributed by atoms with Crippen molar-refractivity contribution in [3.8, 4) is 17.6 Å². The maximum atomic E-state index is 13.3. The molecule has 1 atom stereocenters. The zero-order valence-electron chi connectivity index (χ0n) is 30.6. The third-order valence-corrected chi connectivity index (χ3v) is 11.9. The molecular weight excluding hydrogens is 716 g/mol. The second-order valence-electron chi connectivity index (χ2n) is 15.3. The molecular formula is C43H43ClN6O5. The van der Waals surface area contributed by atoms with Crippen molar-refractivity contribution < 1.29 is 23.9 Å². The van der Waals surface area contributed by atoms with Crippen LogP contribution >= 0.6 is 11.6 Å². The summed E-state index contributed by atoms with van der Waals surface area (Å²) in [4.78, 5) is 62.1. The van der Waals surface area contributed by atoms with Crippen LogP contribution in [0.25, 0.3) is 4.85 Å². The zero-order valence-corrected chi connectivity index (χ0v) is 31.4. The number of anilines is 1. The predicted molar refractivity (Wildman–Crippen MR) is 208 cm³/mol. The first-order valence-electron chi connectivity index (χ1n) is 19.2. The Kier molecular flexibility index (Phi) is 10.5. The van der Waals surface area contributed by atoms with Crippen LogP contribution in [-0.4, -0.2) is 96.3 Å². The minimum atomic E-state index is -0.614. The van der Waals surface area contributed by atoms with Gasteiger partial charge in [0.25, 0.3) is 11.8 Å². The molecule has 0 aromatic heterocycles. The predicted octanol–water partition coefficient (Wildman–Crippen LogP) is 5.54. The number of ether oxygens (including phenoxy) is 1. The molecule has 4 amide bonds. The number of rotatable bonds is 7. The van der Waals surface area contributed by atoms with Gasteiger partial charge in [0.05, 0.1) is 11.6 Å². The first-order chi connectivity index (χ1) is 26.7. The van der Waals surface area contributed by atoms with E-state index in [1.165, 1.54) is 0 Å². The highest BCUT2D eigenvalue weighted by Crippen LogP contribution is 2.32. The summed E-state index contributed by atoms with van der Waals surface area (Å²) in [7, 11) is 0. The topological polar surface area (TPSA) is 107 Å². The molecule has 11 nitrogen and oxygen atoms in total. The number of nitrogens with zero attached hydrogens (tertiary/aromatic N) is 5. The molecule has 0 spiro atoms. The van der Waals surface area contributed by atoms with Crippen LogP contribution in [0.4, 0.5) is 11.4 Å². The van der Waals surface area contributed by atoms with Crippen molar-refractivity contribution in [1.82, 2.24) is 20.0 Å². The molecule has 3 aromatic rings. The van der Waals surface area contributed by atoms with Gasteiger partial charge in [-0.05, 0) is 79.3 Å². The minimum Gasteiger partial charge on any atom is -0.490 e. The van der Waals surface area contributed by atoms with Crippen molar-refractivity contribution in [3.63, 3.8) is 0 Å². The molecule has 0 bridgehead atoms. The first kappa shape index (κ1) is 36.6. The molecule has 1 unspecified atom stereocenters. The fraction of sp³-hybridized carbons (Fsp3) is 0.419. The minimum absolute atomic E-state index is 0.000282. The Hall–Kier alpha value is -5.36. The molecule has 3 aromatic carbocycles. The number of nitrogens with one attached hydrogen (secondary N) is 1. The lowest BCUT2D eigenvalue weighted by molar-refractivity contribution is -0.136. The van der Waals surface area contributed by atoms with Crippen LogP contribution in [0.5, 0.6) is 5.75 Å². The van der Waals surface area contributed by atoms with Crippen LogP contribution in [0.3, 0.4) is 0 Å². The van der Waals surface area contributed by atoms with Crippen LogP contribution < -0.4 is 15.0 Å². The molecule has 8 rings (SSSR count). The Morgan fingerprint density at radius 2 is 1.69 bits per heavy atom. The number of carbonyl (C=O) groups excluding carboxylic acids is 4. The number of piperidine rings is 3. The molecule has 0 radical (unpaired) electrons. The summed E-state index contributed by atoms with van der Waals surface area (Å²) >= 11 is 6.16. The summed E-state index contributed by atoms with van der Waals surface area (Å²) in [6.07, 6.45) is 4.32. The Morgan fingerprint density at radius 1 is 0.927 bits per heavy atom. The smallest absolute Gasteiger partial charge is 0.255 e. The molecule has 4 fully saturated rings. The first-order valence-corrected chi connectivity index (χ1v) is 19.6. The van der Waals surface area contributed by atoms with Gasteiger partial charge in [-0.2, -0.15) is 0 Å². The van der Waals surface area contributed by atoms with E-state index >= 15 is 0 Å². The van der Waals surface area contributed by atoms with Crippen molar-refractivity contribution in [1.29, 1.82) is 0 Å². The average molecular weight is 759 g/mol. The van der Waals surface area contributed by atoms with Gasteiger partial charge in [0.2, 0.25) is 17.5 Å². The number of fused-ring (bicyclic) bond motifs is 1. The van der Waals surface area contributed by atoms with Gasteiger partial charge in [-0.15, -0.1) is 0 Å². The Morgan fingerprint density at radius 3 is 2.40 bits per heavy atom. The van der Waals surface area contributed by atoms with Gasteiger partial charge in [0, 0.05) is 99.9 Å². The van der Waals surface area contributed by atoms with Gasteiger partial charge < -0.3 is 24.3 Å². The average Bonchev–Trinajstić information content (AvgIpc) is 3.51. The number of benzene rings is 3. The van der Waals surface area contributed by atoms with Gasteiger partial charge in [0.15, 0.2) is 0 Å². The normalized spacial score (nSPS) is 21.0. The lowest BCUT2D eigenvalue weighted by Gasteiger charge is -2.41. The molecule has 12 heteroatoms. The quantitative estimate of drug-likeness (QED) is 0.192.